The number of halogens is 1. The van der Waals surface area contributed by atoms with Crippen LogP contribution in [0.2, 0.25) is 0 Å². The summed E-state index contributed by atoms with van der Waals surface area (Å²) in [5.74, 6) is -2.51. The van der Waals surface area contributed by atoms with E-state index in [-0.39, 0.29) is 33.4 Å². The number of nitrogens with two attached hydrogens (primary N) is 1. The minimum absolute atomic E-state index is 0.0447. The first kappa shape index (κ1) is 32.0. The summed E-state index contributed by atoms with van der Waals surface area (Å²) in [6.45, 7) is 0.708. The van der Waals surface area contributed by atoms with E-state index in [1.165, 1.54) is 46.7 Å². The number of β-lactam (4-membered cyclic amide) rings is 1. The molecule has 2 aromatic heterocycles. The van der Waals surface area contributed by atoms with Gasteiger partial charge in [0.15, 0.2) is 16.3 Å². The smallest absolute Gasteiger partial charge is 0.352 e. The highest BCUT2D eigenvalue weighted by Crippen LogP contribution is 2.41. The first-order chi connectivity index (χ1) is 22.2. The van der Waals surface area contributed by atoms with Crippen LogP contribution < -0.4 is 21.4 Å². The van der Waals surface area contributed by atoms with Crippen molar-refractivity contribution in [3.8, 4) is 0 Å². The number of nitrogens with one attached hydrogen (secondary N) is 1. The number of fused-ring (bicyclic) bond motifs is 2. The fourth-order valence-corrected chi connectivity index (χ4v) is 9.26. The van der Waals surface area contributed by atoms with E-state index in [1.54, 1.807) is 17.6 Å². The highest BCUT2D eigenvalue weighted by molar-refractivity contribution is 8.04. The van der Waals surface area contributed by atoms with Gasteiger partial charge in [-0.05, 0) is 54.5 Å². The lowest BCUT2D eigenvalue weighted by Gasteiger charge is -2.49. The van der Waals surface area contributed by atoms with Crippen LogP contribution in [-0.2, 0) is 19.2 Å². The molecule has 0 radical (unpaired) electrons. The van der Waals surface area contributed by atoms with Crippen LogP contribution in [0.5, 0.6) is 0 Å². The molecule has 2 saturated heterocycles. The molecule has 17 heteroatoms. The highest BCUT2D eigenvalue weighted by Gasteiger charge is 2.54. The zero-order valence-electron chi connectivity index (χ0n) is 24.0. The molecule has 1 aromatic carbocycles. The van der Waals surface area contributed by atoms with Crippen molar-refractivity contribution in [2.75, 3.05) is 36.3 Å². The maximum Gasteiger partial charge on any atom is 0.352 e. The van der Waals surface area contributed by atoms with E-state index in [0.717, 1.165) is 56.8 Å². The Balaban J connectivity index is 1.17. The van der Waals surface area contributed by atoms with Gasteiger partial charge in [-0.25, -0.2) is 14.2 Å². The number of oxime groups is 1. The molecule has 3 aliphatic heterocycles. The van der Waals surface area contributed by atoms with Gasteiger partial charge in [0.05, 0.1) is 4.21 Å². The Morgan fingerprint density at radius 2 is 2.04 bits per heavy atom. The normalized spacial score (nSPS) is 20.2. The Labute approximate surface area is 278 Å². The van der Waals surface area contributed by atoms with E-state index in [9.17, 15) is 28.7 Å². The maximum absolute atomic E-state index is 13.1. The number of hydrogen-bond donors (Lipinski definition) is 3. The van der Waals surface area contributed by atoms with Gasteiger partial charge in [0, 0.05) is 46.1 Å². The quantitative estimate of drug-likeness (QED) is 0.121. The van der Waals surface area contributed by atoms with Crippen molar-refractivity contribution in [2.45, 2.75) is 34.9 Å². The average molecular weight is 703 g/mol. The number of hydrogen-bond acceptors (Lipinski definition) is 13. The number of nitrogen functional groups attached to an aromatic ring is 1. The molecule has 0 bridgehead atoms. The minimum Gasteiger partial charge on any atom is -0.477 e. The van der Waals surface area contributed by atoms with E-state index in [1.807, 2.05) is 12.1 Å². The van der Waals surface area contributed by atoms with E-state index in [2.05, 4.69) is 31.3 Å². The SMILES string of the molecule is Nc1nc(C(=NOCF)C(=O)NC2C(=O)N3C(C(=O)O)=C(C=CSc4cc(=O)c5ccc(N6CCCCC6)cc5s4)CS[C@H]23)cs1. The zero-order valence-corrected chi connectivity index (χ0v) is 27.3. The molecule has 6 rings (SSSR count). The number of carboxylic acids is 1. The molecule has 46 heavy (non-hydrogen) atoms. The molecule has 0 saturated carbocycles. The number of carboxylic acid groups (broad SMARTS) is 1. The number of nitrogens with zero attached hydrogens (tertiary/aromatic N) is 4. The summed E-state index contributed by atoms with van der Waals surface area (Å²) in [4.78, 5) is 63.1. The number of aromatic nitrogens is 1. The van der Waals surface area contributed by atoms with Crippen molar-refractivity contribution in [2.24, 2.45) is 5.16 Å². The van der Waals surface area contributed by atoms with E-state index < -0.39 is 36.1 Å². The third-order valence-corrected chi connectivity index (χ3v) is 11.5. The lowest BCUT2D eigenvalue weighted by molar-refractivity contribution is -0.150. The van der Waals surface area contributed by atoms with Gasteiger partial charge in [-0.15, -0.1) is 34.4 Å². The van der Waals surface area contributed by atoms with Gasteiger partial charge in [-0.1, -0.05) is 16.9 Å². The molecule has 3 aromatic rings. The molecule has 0 aliphatic carbocycles. The highest BCUT2D eigenvalue weighted by atomic mass is 32.2. The number of thiazole rings is 1. The predicted molar refractivity (Wildman–Crippen MR) is 179 cm³/mol. The van der Waals surface area contributed by atoms with Gasteiger partial charge >= 0.3 is 5.97 Å². The number of carbonyl (C=O) groups excluding carboxylic acids is 2. The third kappa shape index (κ3) is 6.49. The topological polar surface area (TPSA) is 168 Å². The number of anilines is 2. The van der Waals surface area contributed by atoms with Crippen LogP contribution in [-0.4, -0.2) is 75.6 Å². The Morgan fingerprint density at radius 1 is 1.24 bits per heavy atom. The van der Waals surface area contributed by atoms with Gasteiger partial charge in [0.2, 0.25) is 0 Å². The van der Waals surface area contributed by atoms with E-state index in [4.69, 9.17) is 5.73 Å². The second-order valence-corrected chi connectivity index (χ2v) is 14.7. The molecule has 2 fully saturated rings. The van der Waals surface area contributed by atoms with Crippen molar-refractivity contribution in [1.29, 1.82) is 0 Å². The summed E-state index contributed by atoms with van der Waals surface area (Å²) in [5, 5.41) is 19.3. The number of carbonyl (C=O) groups is 3. The van der Waals surface area contributed by atoms with Crippen LogP contribution in [0.4, 0.5) is 15.2 Å². The minimum atomic E-state index is -1.29. The lowest BCUT2D eigenvalue weighted by atomic mass is 10.0. The first-order valence-electron chi connectivity index (χ1n) is 14.1. The molecule has 0 spiro atoms. The summed E-state index contributed by atoms with van der Waals surface area (Å²) in [6, 6.07) is 6.46. The number of amides is 2. The number of rotatable bonds is 10. The van der Waals surface area contributed by atoms with Crippen molar-refractivity contribution >= 4 is 90.6 Å². The van der Waals surface area contributed by atoms with Crippen LogP contribution in [0.3, 0.4) is 0 Å². The summed E-state index contributed by atoms with van der Waals surface area (Å²) < 4.78 is 14.2. The Bertz CT molecular complexity index is 1850. The molecule has 3 aliphatic rings. The van der Waals surface area contributed by atoms with Gasteiger partial charge in [0.1, 0.15) is 22.8 Å². The first-order valence-corrected chi connectivity index (χ1v) is 17.7. The molecule has 2 amide bonds. The van der Waals surface area contributed by atoms with Gasteiger partial charge in [-0.2, -0.15) is 0 Å². The summed E-state index contributed by atoms with van der Waals surface area (Å²) in [7, 11) is 0. The number of allylic oxidation sites excluding steroid dienone is 1. The predicted octanol–water partition coefficient (Wildman–Crippen LogP) is 3.98. The van der Waals surface area contributed by atoms with Crippen molar-refractivity contribution in [1.82, 2.24) is 15.2 Å². The van der Waals surface area contributed by atoms with Crippen LogP contribution in [0, 0.1) is 0 Å². The van der Waals surface area contributed by atoms with E-state index in [0.29, 0.717) is 11.0 Å². The van der Waals surface area contributed by atoms with Gasteiger partial charge in [-0.3, -0.25) is 19.3 Å². The third-order valence-electron chi connectivity index (χ3n) is 7.54. The van der Waals surface area contributed by atoms with Crippen molar-refractivity contribution in [3.63, 3.8) is 0 Å². The van der Waals surface area contributed by atoms with Crippen LogP contribution >= 0.6 is 46.2 Å². The monoisotopic (exact) mass is 702 g/mol. The lowest BCUT2D eigenvalue weighted by Crippen LogP contribution is -2.71. The number of benzene rings is 1. The maximum atomic E-state index is 13.1. The van der Waals surface area contributed by atoms with Crippen LogP contribution in [0.25, 0.3) is 10.1 Å². The zero-order chi connectivity index (χ0) is 32.4. The Morgan fingerprint density at radius 3 is 2.76 bits per heavy atom. The second-order valence-electron chi connectivity index (χ2n) is 10.4. The van der Waals surface area contributed by atoms with E-state index >= 15 is 0 Å². The van der Waals surface area contributed by atoms with Gasteiger partial charge in [0.25, 0.3) is 18.7 Å². The molecule has 1 unspecified atom stereocenters. The summed E-state index contributed by atoms with van der Waals surface area (Å²) in [6.07, 6.45) is 5.16. The molecule has 12 nitrogen and oxygen atoms in total. The fourth-order valence-electron chi connectivity index (χ4n) is 5.38. The largest absolute Gasteiger partial charge is 0.477 e. The van der Waals surface area contributed by atoms with Crippen molar-refractivity contribution in [3.05, 3.63) is 68.3 Å². The standard InChI is InChI=1S/C29H27FN6O6S4/c30-14-42-34-22(18-13-45-29(31)32-18)25(38)33-23-26(39)36-24(28(40)41)15(12-44-27(23)36)6-9-43-21-11-19(37)17-5-4-16(10-20(17)46-21)35-7-2-1-3-8-35/h4-6,9-11,13,23,27H,1-3,7-8,12,14H2,(H2,31,32)(H,33,38)(H,40,41)/t23?,27-/m1/s1. The number of thioether (sulfide) groups is 2. The molecule has 4 N–H and O–H groups in total. The number of alkyl halides is 1. The van der Waals surface area contributed by atoms with Crippen molar-refractivity contribution < 1.29 is 28.7 Å². The Kier molecular flexibility index (Phi) is 9.62. The molecule has 240 valence electrons. The fraction of sp³-hybridized carbons (Fsp3) is 0.310. The van der Waals surface area contributed by atoms with Crippen LogP contribution in [0.1, 0.15) is 25.0 Å². The molecular formula is C29H27FN6O6S4. The van der Waals surface area contributed by atoms with Gasteiger partial charge < -0.3 is 25.9 Å². The second kappa shape index (κ2) is 13.8. The molecular weight excluding hydrogens is 676 g/mol. The summed E-state index contributed by atoms with van der Waals surface area (Å²) >= 11 is 5.11. The van der Waals surface area contributed by atoms with Crippen LogP contribution in [0.15, 0.2) is 66.6 Å². The average Bonchev–Trinajstić information content (AvgIpc) is 3.49. The number of piperidine rings is 1. The molecule has 2 atom stereocenters. The Hall–Kier alpha value is -3.93. The molecule has 5 heterocycles. The summed E-state index contributed by atoms with van der Waals surface area (Å²) in [5.41, 5.74) is 6.56. The number of aliphatic carboxylic acids is 1.